The summed E-state index contributed by atoms with van der Waals surface area (Å²) in [6, 6.07) is 0. The molecule has 7 N–H and O–H groups in total. The largest absolute Gasteiger partial charge is 0.455 e. The molecule has 12 heteroatoms. The summed E-state index contributed by atoms with van der Waals surface area (Å²) < 4.78 is 17.2. The highest BCUT2D eigenvalue weighted by Gasteiger charge is 2.76. The molecular weight excluding hydrogens is 600 g/mol. The van der Waals surface area contributed by atoms with Crippen molar-refractivity contribution in [3.8, 4) is 0 Å². The van der Waals surface area contributed by atoms with Gasteiger partial charge in [0.2, 0.25) is 0 Å². The molecule has 0 aromatic carbocycles. The van der Waals surface area contributed by atoms with Crippen LogP contribution in [0.15, 0.2) is 22.8 Å². The lowest BCUT2D eigenvalue weighted by Gasteiger charge is -2.63. The maximum absolute atomic E-state index is 14.1. The predicted molar refractivity (Wildman–Crippen MR) is 161 cm³/mol. The molecule has 2 aliphatic heterocycles. The van der Waals surface area contributed by atoms with Crippen LogP contribution in [0.2, 0.25) is 0 Å². The molecule has 0 bridgehead atoms. The molecule has 0 amide bonds. The van der Waals surface area contributed by atoms with E-state index in [0.717, 1.165) is 11.1 Å². The van der Waals surface area contributed by atoms with Gasteiger partial charge in [-0.25, -0.2) is 4.79 Å². The van der Waals surface area contributed by atoms with Gasteiger partial charge in [0.25, 0.3) is 0 Å². The van der Waals surface area contributed by atoms with Crippen molar-refractivity contribution in [3.63, 3.8) is 0 Å². The van der Waals surface area contributed by atoms with Crippen LogP contribution >= 0.6 is 0 Å². The first-order valence-electron chi connectivity index (χ1n) is 16.6. The quantitative estimate of drug-likeness (QED) is 0.161. The Labute approximate surface area is 269 Å². The molecule has 4 fully saturated rings. The van der Waals surface area contributed by atoms with Crippen LogP contribution in [0.25, 0.3) is 0 Å². The SMILES string of the molecule is CC1=C(C)C(=O)OC(C(C)(O)C2(O)CCC3(O)C4CC=C5CC(OC6OC(CO)C(O)C(O)C6O)CC(=O)C5(C)C4CCC32C)C1. The zero-order valence-corrected chi connectivity index (χ0v) is 27.3. The Morgan fingerprint density at radius 1 is 0.978 bits per heavy atom. The number of aliphatic hydroxyl groups excluding tert-OH is 4. The van der Waals surface area contributed by atoms with Crippen LogP contribution in [0, 0.1) is 22.7 Å². The Balaban J connectivity index is 1.25. The van der Waals surface area contributed by atoms with E-state index in [9.17, 15) is 45.3 Å². The molecule has 14 unspecified atom stereocenters. The molecule has 6 rings (SSSR count). The fraction of sp³-hybridized carbons (Fsp3) is 0.824. The number of ketones is 1. The number of cyclic esters (lactones) is 1. The Hall–Kier alpha value is -1.74. The number of fused-ring (bicyclic) bond motifs is 5. The number of aliphatic hydroxyl groups is 7. The summed E-state index contributed by atoms with van der Waals surface area (Å²) >= 11 is 0. The lowest BCUT2D eigenvalue weighted by Crippen LogP contribution is -2.72. The second kappa shape index (κ2) is 11.1. The number of esters is 1. The van der Waals surface area contributed by atoms with Gasteiger partial charge >= 0.3 is 5.97 Å². The van der Waals surface area contributed by atoms with Gasteiger partial charge in [-0.3, -0.25) is 4.79 Å². The lowest BCUT2D eigenvalue weighted by molar-refractivity contribution is -0.312. The topological polar surface area (TPSA) is 203 Å². The average Bonchev–Trinajstić information content (AvgIpc) is 3.23. The Bertz CT molecular complexity index is 1340. The van der Waals surface area contributed by atoms with E-state index in [1.807, 2.05) is 26.8 Å². The molecule has 14 atom stereocenters. The van der Waals surface area contributed by atoms with Crippen molar-refractivity contribution >= 4 is 11.8 Å². The van der Waals surface area contributed by atoms with Gasteiger partial charge in [0.1, 0.15) is 47.5 Å². The standard InChI is InChI=1S/C34H50O12/c1-16-12-24(46-28(40)17(16)2)32(5,41)34(43)11-10-33(42)21-7-6-18-13-19(44-29-27(39)26(38)25(37)22(15-35)45-29)14-23(36)31(18,4)20(21)8-9-30(33,34)3/h6,19-22,24-27,29,35,37-39,41-43H,7-15H2,1-5H3. The van der Waals surface area contributed by atoms with E-state index in [-0.39, 0.29) is 43.3 Å². The van der Waals surface area contributed by atoms with Gasteiger partial charge in [-0.05, 0) is 78.1 Å². The van der Waals surface area contributed by atoms with Crippen molar-refractivity contribution in [1.82, 2.24) is 0 Å². The number of hydrogen-bond acceptors (Lipinski definition) is 12. The van der Waals surface area contributed by atoms with Gasteiger partial charge in [0.05, 0.1) is 23.7 Å². The van der Waals surface area contributed by atoms with E-state index in [2.05, 4.69) is 0 Å². The van der Waals surface area contributed by atoms with Crippen LogP contribution < -0.4 is 0 Å². The number of hydrogen-bond donors (Lipinski definition) is 7. The summed E-state index contributed by atoms with van der Waals surface area (Å²) in [5.74, 6) is -1.23. The second-order valence-electron chi connectivity index (χ2n) is 15.5. The zero-order valence-electron chi connectivity index (χ0n) is 27.3. The Kier molecular flexibility index (Phi) is 8.27. The van der Waals surface area contributed by atoms with Crippen LogP contribution in [0.5, 0.6) is 0 Å². The first-order chi connectivity index (χ1) is 21.4. The van der Waals surface area contributed by atoms with Crippen LogP contribution in [-0.2, 0) is 23.8 Å². The summed E-state index contributed by atoms with van der Waals surface area (Å²) in [6.07, 6.45) is -4.59. The predicted octanol–water partition coefficient (Wildman–Crippen LogP) is 0.562. The van der Waals surface area contributed by atoms with Gasteiger partial charge in [-0.2, -0.15) is 0 Å². The third kappa shape index (κ3) is 4.44. The highest BCUT2D eigenvalue weighted by atomic mass is 16.7. The highest BCUT2D eigenvalue weighted by Crippen LogP contribution is 2.70. The lowest BCUT2D eigenvalue weighted by atomic mass is 9.44. The summed E-state index contributed by atoms with van der Waals surface area (Å²) in [6.45, 7) is 8.13. The summed E-state index contributed by atoms with van der Waals surface area (Å²) in [4.78, 5) is 26.6. The molecule has 1 saturated heterocycles. The van der Waals surface area contributed by atoms with Crippen molar-refractivity contribution in [2.24, 2.45) is 22.7 Å². The molecule has 0 radical (unpaired) electrons. The monoisotopic (exact) mass is 650 g/mol. The maximum Gasteiger partial charge on any atom is 0.334 e. The number of Topliss-reactive ketones (excluding diaryl/α,β-unsaturated/α-hetero) is 1. The molecule has 12 nitrogen and oxygen atoms in total. The second-order valence-corrected chi connectivity index (χ2v) is 15.5. The molecule has 258 valence electrons. The molecule has 6 aliphatic rings. The van der Waals surface area contributed by atoms with E-state index < -0.39 is 83.1 Å². The van der Waals surface area contributed by atoms with Crippen molar-refractivity contribution in [2.75, 3.05) is 6.61 Å². The minimum Gasteiger partial charge on any atom is -0.455 e. The number of rotatable bonds is 5. The fourth-order valence-corrected chi connectivity index (χ4v) is 10.2. The highest BCUT2D eigenvalue weighted by molar-refractivity contribution is 5.90. The van der Waals surface area contributed by atoms with Gasteiger partial charge in [0, 0.05) is 23.8 Å². The third-order valence-electron chi connectivity index (χ3n) is 13.6. The molecule has 0 aromatic heterocycles. The fourth-order valence-electron chi connectivity index (χ4n) is 10.2. The molecule has 0 aromatic rings. The third-order valence-corrected chi connectivity index (χ3v) is 13.6. The molecule has 46 heavy (non-hydrogen) atoms. The molecule has 2 heterocycles. The molecule has 3 saturated carbocycles. The van der Waals surface area contributed by atoms with Gasteiger partial charge in [0.15, 0.2) is 6.29 Å². The van der Waals surface area contributed by atoms with Crippen LogP contribution in [0.1, 0.15) is 86.0 Å². The Morgan fingerprint density at radius 3 is 2.33 bits per heavy atom. The van der Waals surface area contributed by atoms with Gasteiger partial charge < -0.3 is 50.0 Å². The summed E-state index contributed by atoms with van der Waals surface area (Å²) in [5, 5.41) is 77.5. The summed E-state index contributed by atoms with van der Waals surface area (Å²) in [7, 11) is 0. The van der Waals surface area contributed by atoms with Crippen molar-refractivity contribution in [2.45, 2.75) is 146 Å². The van der Waals surface area contributed by atoms with Crippen molar-refractivity contribution < 1.29 is 59.5 Å². The van der Waals surface area contributed by atoms with Crippen LogP contribution in [-0.4, -0.2) is 114 Å². The van der Waals surface area contributed by atoms with Gasteiger partial charge in [-0.1, -0.05) is 24.1 Å². The first kappa shape index (κ1) is 34.1. The number of carbonyl (C=O) groups excluding carboxylic acids is 2. The van der Waals surface area contributed by atoms with E-state index in [1.165, 1.54) is 6.92 Å². The number of allylic oxidation sites excluding steroid dienone is 1. The van der Waals surface area contributed by atoms with E-state index in [4.69, 9.17) is 14.2 Å². The Morgan fingerprint density at radius 2 is 1.67 bits per heavy atom. The first-order valence-corrected chi connectivity index (χ1v) is 16.6. The molecule has 0 spiro atoms. The van der Waals surface area contributed by atoms with E-state index in [0.29, 0.717) is 31.3 Å². The smallest absolute Gasteiger partial charge is 0.334 e. The van der Waals surface area contributed by atoms with Gasteiger partial charge in [-0.15, -0.1) is 0 Å². The van der Waals surface area contributed by atoms with Crippen LogP contribution in [0.3, 0.4) is 0 Å². The number of ether oxygens (including phenoxy) is 3. The average molecular weight is 651 g/mol. The number of carbonyl (C=O) groups is 2. The zero-order chi connectivity index (χ0) is 33.8. The van der Waals surface area contributed by atoms with E-state index >= 15 is 0 Å². The van der Waals surface area contributed by atoms with Crippen molar-refractivity contribution in [3.05, 3.63) is 22.8 Å². The molecule has 4 aliphatic carbocycles. The maximum atomic E-state index is 14.1. The van der Waals surface area contributed by atoms with Crippen molar-refractivity contribution in [1.29, 1.82) is 0 Å². The van der Waals surface area contributed by atoms with E-state index in [1.54, 1.807) is 6.92 Å². The minimum atomic E-state index is -1.86. The normalized spacial score (nSPS) is 50.6. The minimum absolute atomic E-state index is 0.000240. The summed E-state index contributed by atoms with van der Waals surface area (Å²) in [5.41, 5.74) is -4.97. The van der Waals surface area contributed by atoms with Crippen LogP contribution in [0.4, 0.5) is 0 Å². The molecular formula is C34H50O12.